The van der Waals surface area contributed by atoms with Gasteiger partial charge in [-0.25, -0.2) is 4.98 Å². The molecule has 4 rings (SSSR count). The Balaban J connectivity index is 1.61. The Bertz CT molecular complexity index is 916. The van der Waals surface area contributed by atoms with Crippen molar-refractivity contribution in [2.24, 2.45) is 0 Å². The van der Waals surface area contributed by atoms with Crippen molar-refractivity contribution in [3.05, 3.63) is 41.9 Å². The summed E-state index contributed by atoms with van der Waals surface area (Å²) in [5.74, 6) is 1.69. The topological polar surface area (TPSA) is 86.3 Å². The monoisotopic (exact) mass is 341 g/mol. The fourth-order valence-electron chi connectivity index (χ4n) is 3.17. The average Bonchev–Trinajstić information content (AvgIpc) is 3.19. The maximum Gasteiger partial charge on any atom is 0.243 e. The minimum Gasteiger partial charge on any atom is -0.423 e. The smallest absolute Gasteiger partial charge is 0.243 e. The number of amides is 1. The van der Waals surface area contributed by atoms with Crippen molar-refractivity contribution in [1.82, 2.24) is 24.6 Å². The van der Waals surface area contributed by atoms with E-state index in [9.17, 15) is 4.79 Å². The number of fused-ring (bicyclic) bond motifs is 1. The number of hydrogen-bond donors (Lipinski definition) is 0. The number of carbonyl (C=O) groups excluding carboxylic acids is 1. The highest BCUT2D eigenvalue weighted by atomic mass is 16.5. The van der Waals surface area contributed by atoms with Crippen LogP contribution in [0.3, 0.4) is 0 Å². The summed E-state index contributed by atoms with van der Waals surface area (Å²) in [5.41, 5.74) is 1.84. The summed E-state index contributed by atoms with van der Waals surface area (Å²) in [7, 11) is 0. The van der Waals surface area contributed by atoms with E-state index in [1.54, 1.807) is 11.8 Å². The second-order valence-electron chi connectivity index (χ2n) is 6.07. The van der Waals surface area contributed by atoms with Crippen LogP contribution in [0.25, 0.3) is 11.0 Å². The van der Waals surface area contributed by atoms with E-state index in [4.69, 9.17) is 9.15 Å². The molecule has 1 aliphatic heterocycles. The third-order valence-corrected chi connectivity index (χ3v) is 4.41. The first-order chi connectivity index (χ1) is 12.1. The van der Waals surface area contributed by atoms with Gasteiger partial charge in [0.1, 0.15) is 18.4 Å². The molecule has 1 aromatic carbocycles. The summed E-state index contributed by atoms with van der Waals surface area (Å²) < 4.78 is 13.0. The Morgan fingerprint density at radius 2 is 2.12 bits per heavy atom. The predicted octanol–water partition coefficient (Wildman–Crippen LogP) is 1.64. The van der Waals surface area contributed by atoms with Gasteiger partial charge < -0.3 is 18.6 Å². The number of aryl methyl sites for hydroxylation is 2. The van der Waals surface area contributed by atoms with Gasteiger partial charge in [-0.1, -0.05) is 12.1 Å². The number of benzene rings is 1. The molecule has 2 aromatic heterocycles. The number of hydrogen-bond acceptors (Lipinski definition) is 6. The number of nitrogens with zero attached hydrogens (tertiary/aromatic N) is 5. The number of morpholine rings is 1. The molecule has 1 saturated heterocycles. The van der Waals surface area contributed by atoms with Crippen molar-refractivity contribution in [3.8, 4) is 0 Å². The van der Waals surface area contributed by atoms with Crippen molar-refractivity contribution < 1.29 is 13.9 Å². The van der Waals surface area contributed by atoms with Crippen molar-refractivity contribution in [1.29, 1.82) is 0 Å². The molecule has 1 amide bonds. The number of ether oxygens (including phenoxy) is 1. The van der Waals surface area contributed by atoms with Gasteiger partial charge in [-0.3, -0.25) is 4.79 Å². The maximum absolute atomic E-state index is 13.0. The lowest BCUT2D eigenvalue weighted by Gasteiger charge is -2.33. The Hall–Kier alpha value is -2.74. The molecule has 0 aliphatic carbocycles. The minimum absolute atomic E-state index is 0.0181. The van der Waals surface area contributed by atoms with Crippen LogP contribution < -0.4 is 0 Å². The van der Waals surface area contributed by atoms with Gasteiger partial charge in [-0.2, -0.15) is 0 Å². The molecule has 0 N–H and O–H groups in total. The summed E-state index contributed by atoms with van der Waals surface area (Å²) in [6.07, 6.45) is 0. The molecule has 130 valence electrons. The van der Waals surface area contributed by atoms with E-state index < -0.39 is 0 Å². The van der Waals surface area contributed by atoms with Crippen LogP contribution in [0.2, 0.25) is 0 Å². The highest BCUT2D eigenvalue weighted by molar-refractivity contribution is 5.81. The fourth-order valence-corrected chi connectivity index (χ4v) is 3.17. The molecule has 1 aliphatic rings. The zero-order chi connectivity index (χ0) is 17.4. The van der Waals surface area contributed by atoms with Gasteiger partial charge in [0, 0.05) is 13.5 Å². The lowest BCUT2D eigenvalue weighted by Crippen LogP contribution is -2.45. The molecule has 8 heteroatoms. The van der Waals surface area contributed by atoms with Crippen LogP contribution in [0, 0.1) is 13.8 Å². The van der Waals surface area contributed by atoms with Crippen LogP contribution in [0.1, 0.15) is 23.6 Å². The fraction of sp³-hybridized carbons (Fsp3) is 0.412. The lowest BCUT2D eigenvalue weighted by atomic mass is 10.2. The SMILES string of the molecule is Cc1nnc([C@@H]2COCCN2C(=O)Cn2c(C)nc3ccccc32)o1. The molecule has 3 aromatic rings. The third-order valence-electron chi connectivity index (χ3n) is 4.41. The van der Waals surface area contributed by atoms with Gasteiger partial charge in [0.15, 0.2) is 0 Å². The molecule has 25 heavy (non-hydrogen) atoms. The molecule has 0 saturated carbocycles. The van der Waals surface area contributed by atoms with Gasteiger partial charge in [-0.15, -0.1) is 10.2 Å². The summed E-state index contributed by atoms with van der Waals surface area (Å²) in [6.45, 7) is 5.21. The van der Waals surface area contributed by atoms with Gasteiger partial charge in [0.05, 0.1) is 24.2 Å². The van der Waals surface area contributed by atoms with Crippen LogP contribution in [-0.4, -0.2) is 50.3 Å². The molecule has 1 fully saturated rings. The maximum atomic E-state index is 13.0. The highest BCUT2D eigenvalue weighted by Gasteiger charge is 2.32. The number of rotatable bonds is 3. The van der Waals surface area contributed by atoms with Gasteiger partial charge in [-0.05, 0) is 19.1 Å². The molecule has 0 unspecified atom stereocenters. The Labute approximate surface area is 144 Å². The van der Waals surface area contributed by atoms with Crippen molar-refractivity contribution in [2.45, 2.75) is 26.4 Å². The van der Waals surface area contributed by atoms with E-state index in [0.717, 1.165) is 16.9 Å². The van der Waals surface area contributed by atoms with Crippen molar-refractivity contribution >= 4 is 16.9 Å². The number of imidazole rings is 1. The molecule has 8 nitrogen and oxygen atoms in total. The van der Waals surface area contributed by atoms with E-state index in [1.165, 1.54) is 0 Å². The minimum atomic E-state index is -0.349. The zero-order valence-corrected chi connectivity index (χ0v) is 14.2. The Morgan fingerprint density at radius 3 is 2.92 bits per heavy atom. The molecule has 3 heterocycles. The summed E-state index contributed by atoms with van der Waals surface area (Å²) in [4.78, 5) is 19.3. The number of carbonyl (C=O) groups is 1. The van der Waals surface area contributed by atoms with Crippen LogP contribution in [-0.2, 0) is 16.1 Å². The van der Waals surface area contributed by atoms with E-state index in [1.807, 2.05) is 35.8 Å². The molecule has 0 spiro atoms. The van der Waals surface area contributed by atoms with E-state index >= 15 is 0 Å². The Morgan fingerprint density at radius 1 is 1.28 bits per heavy atom. The quantitative estimate of drug-likeness (QED) is 0.720. The summed E-state index contributed by atoms with van der Waals surface area (Å²) >= 11 is 0. The summed E-state index contributed by atoms with van der Waals surface area (Å²) in [6, 6.07) is 7.46. The lowest BCUT2D eigenvalue weighted by molar-refractivity contribution is -0.141. The van der Waals surface area contributed by atoms with Crippen LogP contribution in [0.5, 0.6) is 0 Å². The van der Waals surface area contributed by atoms with Crippen LogP contribution >= 0.6 is 0 Å². The molecule has 0 bridgehead atoms. The normalized spacial score (nSPS) is 18.0. The predicted molar refractivity (Wildman–Crippen MR) is 88.8 cm³/mol. The van der Waals surface area contributed by atoms with E-state index in [-0.39, 0.29) is 18.5 Å². The molecule has 1 atom stereocenters. The largest absolute Gasteiger partial charge is 0.423 e. The average molecular weight is 341 g/mol. The molecule has 0 radical (unpaired) electrons. The number of aromatic nitrogens is 4. The molecular weight excluding hydrogens is 322 g/mol. The first-order valence-electron chi connectivity index (χ1n) is 8.22. The van der Waals surface area contributed by atoms with E-state index in [0.29, 0.717) is 31.5 Å². The van der Waals surface area contributed by atoms with Gasteiger partial charge in [0.25, 0.3) is 0 Å². The first-order valence-corrected chi connectivity index (χ1v) is 8.22. The third kappa shape index (κ3) is 2.89. The zero-order valence-electron chi connectivity index (χ0n) is 14.2. The second-order valence-corrected chi connectivity index (χ2v) is 6.07. The van der Waals surface area contributed by atoms with Gasteiger partial charge >= 0.3 is 0 Å². The van der Waals surface area contributed by atoms with Crippen LogP contribution in [0.15, 0.2) is 28.7 Å². The highest BCUT2D eigenvalue weighted by Crippen LogP contribution is 2.24. The van der Waals surface area contributed by atoms with Gasteiger partial charge in [0.2, 0.25) is 17.7 Å². The standard InChI is InChI=1S/C17H19N5O3/c1-11-18-13-5-3-4-6-14(13)22(11)9-16(23)21-7-8-24-10-15(21)17-20-19-12(2)25-17/h3-6,15H,7-10H2,1-2H3/t15-/m0/s1. The van der Waals surface area contributed by atoms with E-state index in [2.05, 4.69) is 15.2 Å². The molecular formula is C17H19N5O3. The summed E-state index contributed by atoms with van der Waals surface area (Å²) in [5, 5.41) is 7.92. The number of para-hydroxylation sites is 2. The Kier molecular flexibility index (Phi) is 3.96. The van der Waals surface area contributed by atoms with Crippen molar-refractivity contribution in [2.75, 3.05) is 19.8 Å². The van der Waals surface area contributed by atoms with Crippen LogP contribution in [0.4, 0.5) is 0 Å². The van der Waals surface area contributed by atoms with Crippen molar-refractivity contribution in [3.63, 3.8) is 0 Å². The first kappa shape index (κ1) is 15.8. The second kappa shape index (κ2) is 6.29.